The molecule has 2 heterocycles. The molecule has 1 fully saturated rings. The Kier molecular flexibility index (Phi) is 12.2. The lowest BCUT2D eigenvalue weighted by Crippen LogP contribution is -2.41. The van der Waals surface area contributed by atoms with Crippen molar-refractivity contribution < 1.29 is 9.53 Å². The van der Waals surface area contributed by atoms with Gasteiger partial charge in [-0.25, -0.2) is 4.99 Å². The first kappa shape index (κ1) is 27.0. The van der Waals surface area contributed by atoms with Crippen molar-refractivity contribution in [2.45, 2.75) is 26.4 Å². The largest absolute Gasteiger partial charge is 0.376 e. The number of nitrogens with zero attached hydrogens (tertiary/aromatic N) is 4. The second kappa shape index (κ2) is 14.8. The van der Waals surface area contributed by atoms with Gasteiger partial charge in [-0.2, -0.15) is 0 Å². The molecular formula is C25H36IN5O2. The second-order valence-corrected chi connectivity index (χ2v) is 8.16. The molecule has 1 unspecified atom stereocenters. The average Bonchev–Trinajstić information content (AvgIpc) is 3.30. The SMILES string of the molecule is CCNC(=NCC(=O)N(C)CCc1ccccn1)N1CCC(COCc2ccccc2)C1.I. The number of ether oxygens (including phenoxy) is 1. The quantitative estimate of drug-likeness (QED) is 0.272. The predicted molar refractivity (Wildman–Crippen MR) is 143 cm³/mol. The fraction of sp³-hybridized carbons (Fsp3) is 0.480. The van der Waals surface area contributed by atoms with Gasteiger partial charge in [0.05, 0.1) is 13.2 Å². The zero-order valence-corrected chi connectivity index (χ0v) is 22.0. The maximum absolute atomic E-state index is 12.6. The van der Waals surface area contributed by atoms with E-state index in [9.17, 15) is 4.79 Å². The summed E-state index contributed by atoms with van der Waals surface area (Å²) in [6.45, 7) is 6.80. The first-order chi connectivity index (χ1) is 15.7. The number of benzene rings is 1. The molecule has 1 N–H and O–H groups in total. The number of hydrogen-bond donors (Lipinski definition) is 1. The van der Waals surface area contributed by atoms with Crippen LogP contribution in [-0.4, -0.2) is 73.0 Å². The predicted octanol–water partition coefficient (Wildman–Crippen LogP) is 3.20. The summed E-state index contributed by atoms with van der Waals surface area (Å²) in [6, 6.07) is 16.1. The number of likely N-dealkylation sites (N-methyl/N-ethyl adjacent to an activating group) is 1. The molecule has 0 radical (unpaired) electrons. The molecule has 1 saturated heterocycles. The molecule has 1 atom stereocenters. The van der Waals surface area contributed by atoms with Gasteiger partial charge in [-0.15, -0.1) is 24.0 Å². The molecule has 7 nitrogen and oxygen atoms in total. The van der Waals surface area contributed by atoms with Gasteiger partial charge in [0.25, 0.3) is 0 Å². The van der Waals surface area contributed by atoms with Gasteiger partial charge in [-0.3, -0.25) is 9.78 Å². The molecule has 3 rings (SSSR count). The molecule has 8 heteroatoms. The molecule has 1 aliphatic rings. The lowest BCUT2D eigenvalue weighted by Gasteiger charge is -2.22. The maximum atomic E-state index is 12.6. The molecule has 180 valence electrons. The molecule has 2 aromatic rings. The summed E-state index contributed by atoms with van der Waals surface area (Å²) in [5.74, 6) is 1.29. The first-order valence-electron chi connectivity index (χ1n) is 11.4. The van der Waals surface area contributed by atoms with Gasteiger partial charge in [-0.05, 0) is 31.0 Å². The number of guanidine groups is 1. The summed E-state index contributed by atoms with van der Waals surface area (Å²) >= 11 is 0. The molecule has 0 spiro atoms. The van der Waals surface area contributed by atoms with E-state index in [1.807, 2.05) is 50.4 Å². The highest BCUT2D eigenvalue weighted by Crippen LogP contribution is 2.17. The van der Waals surface area contributed by atoms with Gasteiger partial charge in [0.15, 0.2) is 5.96 Å². The van der Waals surface area contributed by atoms with Crippen LogP contribution in [0.15, 0.2) is 59.7 Å². The summed E-state index contributed by atoms with van der Waals surface area (Å²) in [4.78, 5) is 25.5. The van der Waals surface area contributed by atoms with Crippen molar-refractivity contribution in [3.8, 4) is 0 Å². The lowest BCUT2D eigenvalue weighted by atomic mass is 10.1. The number of aromatic nitrogens is 1. The van der Waals surface area contributed by atoms with E-state index in [0.29, 0.717) is 19.1 Å². The smallest absolute Gasteiger partial charge is 0.244 e. The fourth-order valence-corrected chi connectivity index (χ4v) is 3.72. The molecule has 0 bridgehead atoms. The number of rotatable bonds is 10. The number of hydrogen-bond acceptors (Lipinski definition) is 4. The van der Waals surface area contributed by atoms with Gasteiger partial charge in [0, 0.05) is 57.5 Å². The summed E-state index contributed by atoms with van der Waals surface area (Å²) in [6.07, 6.45) is 3.58. The maximum Gasteiger partial charge on any atom is 0.244 e. The molecule has 0 saturated carbocycles. The van der Waals surface area contributed by atoms with Crippen LogP contribution in [0.3, 0.4) is 0 Å². The number of likely N-dealkylation sites (tertiary alicyclic amines) is 1. The van der Waals surface area contributed by atoms with E-state index < -0.39 is 0 Å². The van der Waals surface area contributed by atoms with Crippen molar-refractivity contribution in [2.75, 3.05) is 46.4 Å². The third kappa shape index (κ3) is 9.29. The van der Waals surface area contributed by atoms with Crippen molar-refractivity contribution >= 4 is 35.8 Å². The fourth-order valence-electron chi connectivity index (χ4n) is 3.72. The third-order valence-corrected chi connectivity index (χ3v) is 5.60. The number of pyridine rings is 1. The molecule has 1 aromatic heterocycles. The third-order valence-electron chi connectivity index (χ3n) is 5.60. The van der Waals surface area contributed by atoms with E-state index in [1.165, 1.54) is 5.56 Å². The summed E-state index contributed by atoms with van der Waals surface area (Å²) in [7, 11) is 1.82. The van der Waals surface area contributed by atoms with Crippen LogP contribution < -0.4 is 5.32 Å². The van der Waals surface area contributed by atoms with E-state index in [-0.39, 0.29) is 36.4 Å². The Morgan fingerprint density at radius 2 is 2.03 bits per heavy atom. The Morgan fingerprint density at radius 3 is 2.76 bits per heavy atom. The number of amides is 1. The van der Waals surface area contributed by atoms with Gasteiger partial charge >= 0.3 is 0 Å². The normalized spacial score (nSPS) is 15.8. The van der Waals surface area contributed by atoms with Crippen LogP contribution in [0.4, 0.5) is 0 Å². The van der Waals surface area contributed by atoms with Gasteiger partial charge in [0.1, 0.15) is 6.54 Å². The van der Waals surface area contributed by atoms with E-state index in [1.54, 1.807) is 11.1 Å². The highest BCUT2D eigenvalue weighted by atomic mass is 127. The number of carbonyl (C=O) groups excluding carboxylic acids is 1. The lowest BCUT2D eigenvalue weighted by molar-refractivity contribution is -0.128. The number of halogens is 1. The Balaban J connectivity index is 0.00000385. The topological polar surface area (TPSA) is 70.1 Å². The zero-order chi connectivity index (χ0) is 22.6. The molecular weight excluding hydrogens is 529 g/mol. The van der Waals surface area contributed by atoms with Crippen molar-refractivity contribution in [2.24, 2.45) is 10.9 Å². The minimum atomic E-state index is 0. The van der Waals surface area contributed by atoms with Crippen molar-refractivity contribution in [1.29, 1.82) is 0 Å². The van der Waals surface area contributed by atoms with Crippen LogP contribution in [0.2, 0.25) is 0 Å². The minimum absolute atomic E-state index is 0. The molecule has 33 heavy (non-hydrogen) atoms. The Hall–Kier alpha value is -2.20. The first-order valence-corrected chi connectivity index (χ1v) is 11.4. The van der Waals surface area contributed by atoms with E-state index >= 15 is 0 Å². The van der Waals surface area contributed by atoms with Crippen LogP contribution in [-0.2, 0) is 22.6 Å². The number of carbonyl (C=O) groups is 1. The van der Waals surface area contributed by atoms with E-state index in [4.69, 9.17) is 4.74 Å². The second-order valence-electron chi connectivity index (χ2n) is 8.16. The summed E-state index contributed by atoms with van der Waals surface area (Å²) in [5.41, 5.74) is 2.18. The zero-order valence-electron chi connectivity index (χ0n) is 19.7. The van der Waals surface area contributed by atoms with E-state index in [0.717, 1.165) is 50.7 Å². The van der Waals surface area contributed by atoms with Gasteiger partial charge < -0.3 is 19.9 Å². The van der Waals surface area contributed by atoms with Crippen LogP contribution in [0, 0.1) is 5.92 Å². The highest BCUT2D eigenvalue weighted by Gasteiger charge is 2.25. The molecule has 0 aliphatic carbocycles. The van der Waals surface area contributed by atoms with Gasteiger partial charge in [-0.1, -0.05) is 36.4 Å². The monoisotopic (exact) mass is 565 g/mol. The summed E-state index contributed by atoms with van der Waals surface area (Å²) < 4.78 is 5.93. The minimum Gasteiger partial charge on any atom is -0.376 e. The average molecular weight is 566 g/mol. The van der Waals surface area contributed by atoms with Gasteiger partial charge in [0.2, 0.25) is 5.91 Å². The number of nitrogens with one attached hydrogen (secondary N) is 1. The number of aliphatic imine (C=N–C) groups is 1. The summed E-state index contributed by atoms with van der Waals surface area (Å²) in [5, 5.41) is 3.33. The van der Waals surface area contributed by atoms with Crippen LogP contribution in [0.25, 0.3) is 0 Å². The van der Waals surface area contributed by atoms with Crippen molar-refractivity contribution in [1.82, 2.24) is 20.1 Å². The Bertz CT molecular complexity index is 850. The molecule has 1 aromatic carbocycles. The molecule has 1 aliphatic heterocycles. The van der Waals surface area contributed by atoms with Crippen LogP contribution in [0.5, 0.6) is 0 Å². The Labute approximate surface area is 214 Å². The van der Waals surface area contributed by atoms with Crippen LogP contribution in [0.1, 0.15) is 24.6 Å². The van der Waals surface area contributed by atoms with Crippen molar-refractivity contribution in [3.05, 3.63) is 66.0 Å². The van der Waals surface area contributed by atoms with Crippen molar-refractivity contribution in [3.63, 3.8) is 0 Å². The standard InChI is InChI=1S/C25H35N5O2.HI/c1-3-26-25(28-17-24(31)29(2)15-13-23-11-7-8-14-27-23)30-16-12-22(18-30)20-32-19-21-9-5-4-6-10-21;/h4-11,14,22H,3,12-13,15-20H2,1-2H3,(H,26,28);1H. The molecule has 1 amide bonds. The van der Waals surface area contributed by atoms with E-state index in [2.05, 4.69) is 32.3 Å². The Morgan fingerprint density at radius 1 is 1.24 bits per heavy atom. The van der Waals surface area contributed by atoms with Crippen LogP contribution >= 0.6 is 24.0 Å². The highest BCUT2D eigenvalue weighted by molar-refractivity contribution is 14.0.